The third kappa shape index (κ3) is 6.97. The summed E-state index contributed by atoms with van der Waals surface area (Å²) in [5.74, 6) is -0.0305. The Bertz CT molecular complexity index is 1210. The lowest BCUT2D eigenvalue weighted by Crippen LogP contribution is -2.13. The number of allylic oxidation sites excluding steroid dienone is 2. The van der Waals surface area contributed by atoms with Crippen molar-refractivity contribution in [1.82, 2.24) is 0 Å². The van der Waals surface area contributed by atoms with Gasteiger partial charge in [0.1, 0.15) is 23.9 Å². The van der Waals surface area contributed by atoms with E-state index in [1.165, 1.54) is 6.07 Å². The Hall–Kier alpha value is -3.60. The summed E-state index contributed by atoms with van der Waals surface area (Å²) in [5.41, 5.74) is 4.01. The van der Waals surface area contributed by atoms with E-state index < -0.39 is 5.97 Å². The molecular weight excluding hydrogens is 455 g/mol. The molecule has 0 bridgehead atoms. The maximum atomic E-state index is 14.9. The molecule has 0 fully saturated rings. The molecule has 0 spiro atoms. The van der Waals surface area contributed by atoms with Crippen LogP contribution < -0.4 is 9.47 Å². The maximum absolute atomic E-state index is 14.9. The Morgan fingerprint density at radius 3 is 2.31 bits per heavy atom. The zero-order valence-corrected chi connectivity index (χ0v) is 21.7. The van der Waals surface area contributed by atoms with Crippen LogP contribution in [0.2, 0.25) is 0 Å². The van der Waals surface area contributed by atoms with Gasteiger partial charge in [0.05, 0.1) is 13.5 Å². The second kappa shape index (κ2) is 11.9. The Kier molecular flexibility index (Phi) is 8.92. The summed E-state index contributed by atoms with van der Waals surface area (Å²) >= 11 is 0. The molecule has 0 saturated heterocycles. The maximum Gasteiger partial charge on any atom is 0.304 e. The number of hydrogen-bond acceptors (Lipinski definition) is 3. The molecule has 0 amide bonds. The second-order valence-electron chi connectivity index (χ2n) is 9.87. The molecule has 36 heavy (non-hydrogen) atoms. The minimum atomic E-state index is -0.830. The summed E-state index contributed by atoms with van der Waals surface area (Å²) in [7, 11) is 1.57. The number of carboxylic acid groups (broad SMARTS) is 1. The van der Waals surface area contributed by atoms with E-state index in [1.807, 2.05) is 61.5 Å². The van der Waals surface area contributed by atoms with Crippen LogP contribution in [0.5, 0.6) is 11.5 Å². The molecule has 0 aromatic heterocycles. The fourth-order valence-corrected chi connectivity index (χ4v) is 4.16. The molecule has 0 aliphatic carbocycles. The van der Waals surface area contributed by atoms with Crippen molar-refractivity contribution in [2.75, 3.05) is 7.11 Å². The van der Waals surface area contributed by atoms with Crippen LogP contribution >= 0.6 is 0 Å². The first-order valence-electron chi connectivity index (χ1n) is 12.2. The van der Waals surface area contributed by atoms with Crippen LogP contribution in [0.1, 0.15) is 63.1 Å². The summed E-state index contributed by atoms with van der Waals surface area (Å²) in [6.07, 6.45) is 4.83. The summed E-state index contributed by atoms with van der Waals surface area (Å²) in [6, 6.07) is 18.3. The highest BCUT2D eigenvalue weighted by Gasteiger charge is 2.21. The molecule has 0 saturated carbocycles. The van der Waals surface area contributed by atoms with E-state index in [0.717, 1.165) is 28.7 Å². The zero-order valence-electron chi connectivity index (χ0n) is 21.7. The highest BCUT2D eigenvalue weighted by molar-refractivity contribution is 5.71. The van der Waals surface area contributed by atoms with Gasteiger partial charge in [-0.1, -0.05) is 64.1 Å². The lowest BCUT2D eigenvalue weighted by Gasteiger charge is -2.24. The lowest BCUT2D eigenvalue weighted by molar-refractivity contribution is -0.137. The molecule has 5 heteroatoms. The van der Waals surface area contributed by atoms with Crippen LogP contribution in [0.3, 0.4) is 0 Å². The summed E-state index contributed by atoms with van der Waals surface area (Å²) < 4.78 is 26.2. The van der Waals surface area contributed by atoms with Gasteiger partial charge in [-0.05, 0) is 70.5 Å². The van der Waals surface area contributed by atoms with E-state index in [0.29, 0.717) is 23.7 Å². The van der Waals surface area contributed by atoms with E-state index in [4.69, 9.17) is 9.47 Å². The average Bonchev–Trinajstić information content (AvgIpc) is 2.85. The van der Waals surface area contributed by atoms with E-state index in [-0.39, 0.29) is 23.6 Å². The fourth-order valence-electron chi connectivity index (χ4n) is 4.16. The molecule has 3 rings (SSSR count). The fraction of sp³-hybridized carbons (Fsp3) is 0.323. The van der Waals surface area contributed by atoms with E-state index in [9.17, 15) is 14.3 Å². The molecule has 0 aliphatic heterocycles. The molecule has 0 heterocycles. The van der Waals surface area contributed by atoms with Gasteiger partial charge in [0, 0.05) is 11.5 Å². The van der Waals surface area contributed by atoms with Crippen LogP contribution in [0, 0.1) is 5.82 Å². The van der Waals surface area contributed by atoms with E-state index >= 15 is 0 Å². The average molecular weight is 491 g/mol. The summed E-state index contributed by atoms with van der Waals surface area (Å²) in [4.78, 5) is 11.3. The van der Waals surface area contributed by atoms with Crippen molar-refractivity contribution in [3.05, 3.63) is 95.3 Å². The van der Waals surface area contributed by atoms with Gasteiger partial charge in [-0.3, -0.25) is 4.79 Å². The van der Waals surface area contributed by atoms with Gasteiger partial charge in [0.15, 0.2) is 0 Å². The molecule has 1 atom stereocenters. The van der Waals surface area contributed by atoms with Crippen molar-refractivity contribution in [1.29, 1.82) is 0 Å². The summed E-state index contributed by atoms with van der Waals surface area (Å²) in [6.45, 7) is 8.66. The molecule has 0 radical (unpaired) electrons. The first-order valence-corrected chi connectivity index (χ1v) is 12.2. The van der Waals surface area contributed by atoms with Crippen molar-refractivity contribution >= 4 is 5.97 Å². The minimum Gasteiger partial charge on any atom is -0.497 e. The number of aliphatic carboxylic acids is 1. The van der Waals surface area contributed by atoms with Gasteiger partial charge < -0.3 is 14.6 Å². The Labute approximate surface area is 213 Å². The highest BCUT2D eigenvalue weighted by atomic mass is 19.1. The van der Waals surface area contributed by atoms with Crippen molar-refractivity contribution < 1.29 is 23.8 Å². The quantitative estimate of drug-likeness (QED) is 0.294. The molecule has 0 unspecified atom stereocenters. The summed E-state index contributed by atoms with van der Waals surface area (Å²) in [5, 5.41) is 9.24. The number of ether oxygens (including phenoxy) is 2. The minimum absolute atomic E-state index is 0.0421. The van der Waals surface area contributed by atoms with Gasteiger partial charge >= 0.3 is 5.97 Å². The van der Waals surface area contributed by atoms with Crippen LogP contribution in [0.15, 0.2) is 72.8 Å². The standard InChI is InChI=1S/C31H35FO4/c1-6-7-8-23(18-30(33)34)22-10-12-24(13-11-22)36-20-21-9-15-28(31(2,3)4)26(17-21)27-19-25(35-5)14-16-29(27)32/h7-17,19,23H,6,18,20H2,1-5H3,(H,33,34)/b8-7-/t23-/m1/s1. The second-order valence-corrected chi connectivity index (χ2v) is 9.87. The number of carboxylic acids is 1. The van der Waals surface area contributed by atoms with Gasteiger partial charge in [-0.15, -0.1) is 0 Å². The first kappa shape index (κ1) is 27.0. The van der Waals surface area contributed by atoms with Gasteiger partial charge in [-0.25, -0.2) is 4.39 Å². The molecule has 4 nitrogen and oxygen atoms in total. The first-order chi connectivity index (χ1) is 17.1. The van der Waals surface area contributed by atoms with Crippen molar-refractivity contribution in [2.24, 2.45) is 0 Å². The largest absolute Gasteiger partial charge is 0.497 e. The van der Waals surface area contributed by atoms with Crippen molar-refractivity contribution in [3.8, 4) is 22.6 Å². The van der Waals surface area contributed by atoms with E-state index in [2.05, 4.69) is 20.8 Å². The normalized spacial score (nSPS) is 12.5. The Morgan fingerprint density at radius 2 is 1.69 bits per heavy atom. The van der Waals surface area contributed by atoms with Crippen molar-refractivity contribution in [2.45, 2.75) is 58.5 Å². The van der Waals surface area contributed by atoms with Crippen LogP contribution in [0.25, 0.3) is 11.1 Å². The predicted octanol–water partition coefficient (Wildman–Crippen LogP) is 7.90. The monoisotopic (exact) mass is 490 g/mol. The predicted molar refractivity (Wildman–Crippen MR) is 142 cm³/mol. The molecule has 3 aromatic carbocycles. The third-order valence-corrected chi connectivity index (χ3v) is 6.07. The number of carbonyl (C=O) groups is 1. The van der Waals surface area contributed by atoms with Gasteiger partial charge in [-0.2, -0.15) is 0 Å². The Morgan fingerprint density at radius 1 is 1.00 bits per heavy atom. The zero-order chi connectivity index (χ0) is 26.3. The Balaban J connectivity index is 1.84. The van der Waals surface area contributed by atoms with Crippen LogP contribution in [-0.2, 0) is 16.8 Å². The lowest BCUT2D eigenvalue weighted by atomic mass is 9.81. The highest BCUT2D eigenvalue weighted by Crippen LogP contribution is 2.37. The molecule has 190 valence electrons. The molecule has 3 aromatic rings. The third-order valence-electron chi connectivity index (χ3n) is 6.07. The SMILES string of the molecule is CC/C=C\[C@H](CC(=O)O)c1ccc(OCc2ccc(C(C)(C)C)c(-c3cc(OC)ccc3F)c2)cc1. The van der Waals surface area contributed by atoms with Crippen molar-refractivity contribution in [3.63, 3.8) is 0 Å². The van der Waals surface area contributed by atoms with Crippen LogP contribution in [-0.4, -0.2) is 18.2 Å². The van der Waals surface area contributed by atoms with Gasteiger partial charge in [0.2, 0.25) is 0 Å². The molecule has 1 N–H and O–H groups in total. The number of benzene rings is 3. The molecular formula is C31H35FO4. The number of hydrogen-bond donors (Lipinski definition) is 1. The van der Waals surface area contributed by atoms with Crippen LogP contribution in [0.4, 0.5) is 4.39 Å². The van der Waals surface area contributed by atoms with E-state index in [1.54, 1.807) is 19.2 Å². The number of methoxy groups -OCH3 is 1. The topological polar surface area (TPSA) is 55.8 Å². The molecule has 0 aliphatic rings. The van der Waals surface area contributed by atoms with Gasteiger partial charge in [0.25, 0.3) is 0 Å². The number of rotatable bonds is 10. The number of halogens is 1. The smallest absolute Gasteiger partial charge is 0.304 e.